The third-order valence-electron chi connectivity index (χ3n) is 4.30. The van der Waals surface area contributed by atoms with Crippen molar-refractivity contribution in [1.29, 1.82) is 0 Å². The quantitative estimate of drug-likeness (QED) is 0.425. The Morgan fingerprint density at radius 1 is 1.27 bits per heavy atom. The fraction of sp³-hybridized carbons (Fsp3) is 0.238. The van der Waals surface area contributed by atoms with Crippen LogP contribution in [0.2, 0.25) is 10.0 Å². The number of nitrogens with zero attached hydrogens (tertiary/aromatic N) is 4. The van der Waals surface area contributed by atoms with Crippen LogP contribution in [0.4, 0.5) is 5.13 Å². The van der Waals surface area contributed by atoms with Gasteiger partial charge in [0.2, 0.25) is 0 Å². The number of unbranched alkanes of at least 4 members (excludes halogenated alkanes) is 1. The number of rotatable bonds is 8. The molecule has 0 aliphatic rings. The highest BCUT2D eigenvalue weighted by molar-refractivity contribution is 7.14. The summed E-state index contributed by atoms with van der Waals surface area (Å²) in [7, 11) is 0. The van der Waals surface area contributed by atoms with Gasteiger partial charge in [-0.1, -0.05) is 48.7 Å². The number of hydrogen-bond acceptors (Lipinski definition) is 5. The lowest BCUT2D eigenvalue weighted by Crippen LogP contribution is -2.34. The van der Waals surface area contributed by atoms with Gasteiger partial charge in [-0.3, -0.25) is 14.5 Å². The molecule has 9 heteroatoms. The number of benzene rings is 1. The molecule has 3 rings (SSSR count). The molecular weight excluding hydrogens is 443 g/mol. The van der Waals surface area contributed by atoms with E-state index in [9.17, 15) is 9.59 Å². The van der Waals surface area contributed by atoms with Crippen LogP contribution in [0.5, 0.6) is 0 Å². The lowest BCUT2D eigenvalue weighted by Gasteiger charge is -2.18. The van der Waals surface area contributed by atoms with Crippen molar-refractivity contribution in [3.05, 3.63) is 74.5 Å². The van der Waals surface area contributed by atoms with E-state index in [0.717, 1.165) is 18.4 Å². The maximum absolute atomic E-state index is 13.1. The second-order valence-electron chi connectivity index (χ2n) is 6.48. The molecule has 1 amide bonds. The van der Waals surface area contributed by atoms with E-state index < -0.39 is 0 Å². The zero-order chi connectivity index (χ0) is 21.7. The monoisotopic (exact) mass is 462 g/mol. The first-order chi connectivity index (χ1) is 14.4. The van der Waals surface area contributed by atoms with E-state index in [4.69, 9.17) is 23.2 Å². The number of amides is 1. The number of halogens is 2. The van der Waals surface area contributed by atoms with Crippen molar-refractivity contribution in [2.75, 3.05) is 11.4 Å². The number of hydrogen-bond donors (Lipinski definition) is 0. The van der Waals surface area contributed by atoms with Crippen molar-refractivity contribution >= 4 is 45.6 Å². The predicted octanol–water partition coefficient (Wildman–Crippen LogP) is 5.31. The maximum atomic E-state index is 13.1. The largest absolute Gasteiger partial charge is 0.280 e. The van der Waals surface area contributed by atoms with E-state index in [1.807, 2.05) is 18.4 Å². The van der Waals surface area contributed by atoms with Crippen LogP contribution >= 0.6 is 34.5 Å². The van der Waals surface area contributed by atoms with E-state index in [0.29, 0.717) is 27.4 Å². The van der Waals surface area contributed by atoms with Gasteiger partial charge in [-0.15, -0.1) is 17.9 Å². The molecule has 30 heavy (non-hydrogen) atoms. The van der Waals surface area contributed by atoms with Crippen LogP contribution in [0, 0.1) is 0 Å². The summed E-state index contributed by atoms with van der Waals surface area (Å²) in [6.45, 7) is 6.49. The average Bonchev–Trinajstić information content (AvgIpc) is 3.22. The van der Waals surface area contributed by atoms with Gasteiger partial charge in [-0.25, -0.2) is 9.67 Å². The molecule has 6 nitrogen and oxygen atoms in total. The Balaban J connectivity index is 1.91. The van der Waals surface area contributed by atoms with E-state index in [1.54, 1.807) is 18.2 Å². The Kier molecular flexibility index (Phi) is 7.42. The van der Waals surface area contributed by atoms with E-state index in [2.05, 4.69) is 16.7 Å². The van der Waals surface area contributed by atoms with Crippen LogP contribution < -0.4 is 10.5 Å². The Bertz CT molecular complexity index is 1130. The minimum Gasteiger partial charge on any atom is -0.279 e. The first kappa shape index (κ1) is 22.2. The van der Waals surface area contributed by atoms with Gasteiger partial charge in [0.25, 0.3) is 11.5 Å². The van der Waals surface area contributed by atoms with Crippen LogP contribution in [0.1, 0.15) is 30.3 Å². The van der Waals surface area contributed by atoms with Crippen LogP contribution in [0.3, 0.4) is 0 Å². The summed E-state index contributed by atoms with van der Waals surface area (Å²) < 4.78 is 1.33. The molecular formula is C21H20Cl2N4O2S. The van der Waals surface area contributed by atoms with Crippen molar-refractivity contribution in [3.8, 4) is 11.3 Å². The fourth-order valence-corrected chi connectivity index (χ4v) is 3.86. The van der Waals surface area contributed by atoms with Gasteiger partial charge < -0.3 is 0 Å². The molecule has 0 N–H and O–H groups in total. The Hall–Kier alpha value is -2.48. The summed E-state index contributed by atoms with van der Waals surface area (Å²) in [5, 5.41) is 7.48. The van der Waals surface area contributed by atoms with Gasteiger partial charge in [0, 0.05) is 30.1 Å². The summed E-state index contributed by atoms with van der Waals surface area (Å²) in [5.74, 6) is -0.352. The third kappa shape index (κ3) is 4.98. The molecule has 0 saturated carbocycles. The molecule has 0 unspecified atom stereocenters. The van der Waals surface area contributed by atoms with Gasteiger partial charge in [0.1, 0.15) is 5.69 Å². The highest BCUT2D eigenvalue weighted by Crippen LogP contribution is 2.32. The van der Waals surface area contributed by atoms with Crippen molar-refractivity contribution in [2.24, 2.45) is 0 Å². The van der Waals surface area contributed by atoms with Gasteiger partial charge in [-0.2, -0.15) is 5.10 Å². The molecule has 2 heterocycles. The second kappa shape index (κ2) is 10.0. The molecule has 0 aliphatic heterocycles. The van der Waals surface area contributed by atoms with Crippen molar-refractivity contribution < 1.29 is 4.79 Å². The first-order valence-electron chi connectivity index (χ1n) is 9.36. The Morgan fingerprint density at radius 3 is 2.77 bits per heavy atom. The standard InChI is InChI=1S/C21H20Cl2N4O2S/c1-3-5-11-27-19(28)9-8-17(25-27)20(29)26(10-4-2)21-24-18(13-30-21)14-6-7-15(22)16(23)12-14/h4,6-9,12-13H,2-3,5,10-11H2,1H3. The SMILES string of the molecule is C=CCN(C(=O)c1ccc(=O)n(CCCC)n1)c1nc(-c2ccc(Cl)c(Cl)c2)cs1. The summed E-state index contributed by atoms with van der Waals surface area (Å²) in [4.78, 5) is 31.2. The summed E-state index contributed by atoms with van der Waals surface area (Å²) in [5.41, 5.74) is 1.42. The minimum absolute atomic E-state index is 0.179. The van der Waals surface area contributed by atoms with Gasteiger partial charge >= 0.3 is 0 Å². The molecule has 156 valence electrons. The molecule has 1 aromatic carbocycles. The van der Waals surface area contributed by atoms with E-state index in [-0.39, 0.29) is 23.7 Å². The lowest BCUT2D eigenvalue weighted by molar-refractivity contribution is 0.0982. The van der Waals surface area contributed by atoms with Crippen molar-refractivity contribution in [3.63, 3.8) is 0 Å². The maximum Gasteiger partial charge on any atom is 0.280 e. The smallest absolute Gasteiger partial charge is 0.279 e. The molecule has 0 fully saturated rings. The van der Waals surface area contributed by atoms with Gasteiger partial charge in [-0.05, 0) is 24.6 Å². The molecule has 3 aromatic rings. The van der Waals surface area contributed by atoms with Crippen LogP contribution in [0.15, 0.2) is 53.2 Å². The fourth-order valence-electron chi connectivity index (χ4n) is 2.72. The number of aryl methyl sites for hydroxylation is 1. The normalized spacial score (nSPS) is 10.8. The number of carbonyl (C=O) groups is 1. The average molecular weight is 463 g/mol. The Labute approximate surface area is 188 Å². The lowest BCUT2D eigenvalue weighted by atomic mass is 10.2. The minimum atomic E-state index is -0.352. The van der Waals surface area contributed by atoms with Crippen LogP contribution in [0.25, 0.3) is 11.3 Å². The third-order valence-corrected chi connectivity index (χ3v) is 5.91. The van der Waals surface area contributed by atoms with E-state index in [1.165, 1.54) is 33.1 Å². The first-order valence-corrected chi connectivity index (χ1v) is 11.0. The second-order valence-corrected chi connectivity index (χ2v) is 8.13. The van der Waals surface area contributed by atoms with Crippen LogP contribution in [-0.2, 0) is 6.54 Å². The molecule has 0 bridgehead atoms. The Morgan fingerprint density at radius 2 is 2.07 bits per heavy atom. The summed E-state index contributed by atoms with van der Waals surface area (Å²) in [6.07, 6.45) is 3.34. The highest BCUT2D eigenvalue weighted by Gasteiger charge is 2.22. The molecule has 0 saturated heterocycles. The topological polar surface area (TPSA) is 68.1 Å². The van der Waals surface area contributed by atoms with E-state index >= 15 is 0 Å². The summed E-state index contributed by atoms with van der Waals surface area (Å²) in [6, 6.07) is 8.06. The molecule has 0 atom stereocenters. The van der Waals surface area contributed by atoms with Gasteiger partial charge in [0.15, 0.2) is 5.13 Å². The van der Waals surface area contributed by atoms with Gasteiger partial charge in [0.05, 0.1) is 15.7 Å². The number of thiazole rings is 1. The van der Waals surface area contributed by atoms with Crippen molar-refractivity contribution in [2.45, 2.75) is 26.3 Å². The molecule has 2 aromatic heterocycles. The molecule has 0 aliphatic carbocycles. The zero-order valence-corrected chi connectivity index (χ0v) is 18.7. The molecule has 0 radical (unpaired) electrons. The number of carbonyl (C=O) groups excluding carboxylic acids is 1. The van der Waals surface area contributed by atoms with Crippen LogP contribution in [-0.4, -0.2) is 27.2 Å². The molecule has 0 spiro atoms. The highest BCUT2D eigenvalue weighted by atomic mass is 35.5. The number of aromatic nitrogens is 3. The summed E-state index contributed by atoms with van der Waals surface area (Å²) >= 11 is 13.4. The zero-order valence-electron chi connectivity index (χ0n) is 16.3. The number of anilines is 1. The predicted molar refractivity (Wildman–Crippen MR) is 123 cm³/mol. The van der Waals surface area contributed by atoms with Crippen molar-refractivity contribution in [1.82, 2.24) is 14.8 Å².